The quantitative estimate of drug-likeness (QED) is 0.715. The fourth-order valence-electron chi connectivity index (χ4n) is 4.30. The number of hydrogen-bond donors (Lipinski definition) is 2. The molecule has 29 heavy (non-hydrogen) atoms. The van der Waals surface area contributed by atoms with Crippen molar-refractivity contribution in [3.63, 3.8) is 0 Å². The summed E-state index contributed by atoms with van der Waals surface area (Å²) in [7, 11) is 0. The van der Waals surface area contributed by atoms with Gasteiger partial charge in [0.25, 0.3) is 11.5 Å². The molecule has 0 spiro atoms. The third-order valence-corrected chi connectivity index (χ3v) is 5.96. The van der Waals surface area contributed by atoms with Crippen molar-refractivity contribution in [1.82, 2.24) is 19.9 Å². The van der Waals surface area contributed by atoms with E-state index in [1.54, 1.807) is 6.07 Å². The molecule has 1 saturated carbocycles. The van der Waals surface area contributed by atoms with E-state index in [-0.39, 0.29) is 23.3 Å². The first-order valence-corrected chi connectivity index (χ1v) is 10.1. The van der Waals surface area contributed by atoms with Gasteiger partial charge in [-0.1, -0.05) is 24.3 Å². The molecule has 0 saturated heterocycles. The summed E-state index contributed by atoms with van der Waals surface area (Å²) < 4.78 is 1.42. The van der Waals surface area contributed by atoms with Crippen LogP contribution in [-0.2, 0) is 13.0 Å². The third kappa shape index (κ3) is 2.97. The molecule has 1 aromatic carbocycles. The Morgan fingerprint density at radius 2 is 2.03 bits per heavy atom. The molecule has 3 aromatic rings. The van der Waals surface area contributed by atoms with Gasteiger partial charge in [0.2, 0.25) is 0 Å². The van der Waals surface area contributed by atoms with Gasteiger partial charge in [-0.25, -0.2) is 9.78 Å². The van der Waals surface area contributed by atoms with E-state index < -0.39 is 11.2 Å². The van der Waals surface area contributed by atoms with Crippen molar-refractivity contribution in [1.29, 1.82) is 0 Å². The second kappa shape index (κ2) is 6.69. The number of rotatable bonds is 4. The van der Waals surface area contributed by atoms with Crippen molar-refractivity contribution in [3.8, 4) is 0 Å². The number of pyridine rings is 1. The Kier molecular flexibility index (Phi) is 4.12. The van der Waals surface area contributed by atoms with Gasteiger partial charge in [-0.05, 0) is 49.8 Å². The molecule has 0 bridgehead atoms. The summed E-state index contributed by atoms with van der Waals surface area (Å²) >= 11 is 0. The fourth-order valence-corrected chi connectivity index (χ4v) is 4.30. The topological polar surface area (TPSA) is 96.9 Å². The SMILES string of the molecule is CCn1c(=O)[nH]c(=O)c2c(C(=O)NC3CCc4ccccc43)cc(C3CC3)nc21. The van der Waals surface area contributed by atoms with Crippen molar-refractivity contribution in [2.75, 3.05) is 0 Å². The van der Waals surface area contributed by atoms with Gasteiger partial charge in [-0.2, -0.15) is 0 Å². The summed E-state index contributed by atoms with van der Waals surface area (Å²) in [5.41, 5.74) is 2.67. The maximum Gasteiger partial charge on any atom is 0.329 e. The van der Waals surface area contributed by atoms with Crippen molar-refractivity contribution >= 4 is 16.9 Å². The zero-order chi connectivity index (χ0) is 20.1. The number of nitrogens with zero attached hydrogens (tertiary/aromatic N) is 2. The molecule has 2 aliphatic rings. The van der Waals surface area contributed by atoms with Gasteiger partial charge in [-0.3, -0.25) is 19.1 Å². The van der Waals surface area contributed by atoms with Gasteiger partial charge in [0.1, 0.15) is 0 Å². The number of aromatic nitrogens is 3. The predicted molar refractivity (Wildman–Crippen MR) is 109 cm³/mol. The number of aromatic amines is 1. The summed E-state index contributed by atoms with van der Waals surface area (Å²) in [4.78, 5) is 45.1. The number of fused-ring (bicyclic) bond motifs is 2. The van der Waals surface area contributed by atoms with Gasteiger partial charge in [-0.15, -0.1) is 0 Å². The summed E-state index contributed by atoms with van der Waals surface area (Å²) in [6.45, 7) is 2.18. The third-order valence-electron chi connectivity index (χ3n) is 5.96. The normalized spacial score (nSPS) is 18.0. The monoisotopic (exact) mass is 390 g/mol. The second-order valence-electron chi connectivity index (χ2n) is 7.83. The lowest BCUT2D eigenvalue weighted by molar-refractivity contribution is 0.0938. The second-order valence-corrected chi connectivity index (χ2v) is 7.83. The number of carbonyl (C=O) groups excluding carboxylic acids is 1. The number of hydrogen-bond acceptors (Lipinski definition) is 4. The van der Waals surface area contributed by atoms with Crippen LogP contribution in [0.2, 0.25) is 0 Å². The Labute approximate surface area is 166 Å². The Morgan fingerprint density at radius 1 is 1.24 bits per heavy atom. The van der Waals surface area contributed by atoms with Crippen LogP contribution in [0.25, 0.3) is 11.0 Å². The molecule has 5 rings (SSSR count). The minimum atomic E-state index is -0.568. The van der Waals surface area contributed by atoms with E-state index in [0.29, 0.717) is 17.8 Å². The lowest BCUT2D eigenvalue weighted by Crippen LogP contribution is -2.34. The summed E-state index contributed by atoms with van der Waals surface area (Å²) in [5.74, 6) is -0.00865. The lowest BCUT2D eigenvalue weighted by Gasteiger charge is -2.16. The van der Waals surface area contributed by atoms with Crippen LogP contribution in [0.4, 0.5) is 0 Å². The van der Waals surface area contributed by atoms with Crippen LogP contribution in [0, 0.1) is 0 Å². The Morgan fingerprint density at radius 3 is 2.79 bits per heavy atom. The first-order chi connectivity index (χ1) is 14.1. The number of carbonyl (C=O) groups is 1. The van der Waals surface area contributed by atoms with Crippen molar-refractivity contribution in [3.05, 3.63) is 73.6 Å². The highest BCUT2D eigenvalue weighted by molar-refractivity contribution is 6.05. The minimum Gasteiger partial charge on any atom is -0.345 e. The Balaban J connectivity index is 1.63. The average molecular weight is 390 g/mol. The summed E-state index contributed by atoms with van der Waals surface area (Å²) in [6, 6.07) is 9.75. The molecule has 1 unspecified atom stereocenters. The molecular weight excluding hydrogens is 368 g/mol. The lowest BCUT2D eigenvalue weighted by atomic mass is 10.1. The first-order valence-electron chi connectivity index (χ1n) is 10.1. The van der Waals surface area contributed by atoms with E-state index in [4.69, 9.17) is 0 Å². The van der Waals surface area contributed by atoms with E-state index in [1.165, 1.54) is 10.1 Å². The minimum absolute atomic E-state index is 0.0811. The molecule has 2 heterocycles. The standard InChI is InChI=1S/C22H22N4O3/c1-2-26-19-18(21(28)25-22(26)29)15(11-17(23-19)13-7-8-13)20(27)24-16-10-9-12-5-3-4-6-14(12)16/h3-6,11,13,16H,2,7-10H2,1H3,(H,24,27)(H,25,28,29). The molecule has 0 radical (unpaired) electrons. The number of aryl methyl sites for hydroxylation is 2. The van der Waals surface area contributed by atoms with Crippen LogP contribution in [0.1, 0.15) is 65.3 Å². The molecule has 2 aliphatic carbocycles. The molecule has 2 aromatic heterocycles. The van der Waals surface area contributed by atoms with Crippen molar-refractivity contribution in [2.45, 2.75) is 51.1 Å². The molecule has 1 amide bonds. The smallest absolute Gasteiger partial charge is 0.329 e. The molecule has 7 nitrogen and oxygen atoms in total. The van der Waals surface area contributed by atoms with Gasteiger partial charge < -0.3 is 5.32 Å². The fraction of sp³-hybridized carbons (Fsp3) is 0.364. The van der Waals surface area contributed by atoms with Crippen LogP contribution in [0.15, 0.2) is 39.9 Å². The molecule has 2 N–H and O–H groups in total. The molecule has 1 atom stereocenters. The van der Waals surface area contributed by atoms with Crippen molar-refractivity contribution < 1.29 is 4.79 Å². The van der Waals surface area contributed by atoms with Crippen LogP contribution in [0.5, 0.6) is 0 Å². The average Bonchev–Trinajstić information content (AvgIpc) is 3.49. The van der Waals surface area contributed by atoms with Gasteiger partial charge >= 0.3 is 5.69 Å². The maximum atomic E-state index is 13.3. The van der Waals surface area contributed by atoms with E-state index in [9.17, 15) is 14.4 Å². The molecule has 148 valence electrons. The zero-order valence-electron chi connectivity index (χ0n) is 16.2. The number of H-pyrrole nitrogens is 1. The molecular formula is C22H22N4O3. The highest BCUT2D eigenvalue weighted by Crippen LogP contribution is 2.40. The highest BCUT2D eigenvalue weighted by atomic mass is 16.2. The van der Waals surface area contributed by atoms with Gasteiger partial charge in [0.15, 0.2) is 5.65 Å². The van der Waals surface area contributed by atoms with Crippen LogP contribution in [-0.4, -0.2) is 20.4 Å². The Bertz CT molecular complexity index is 1250. The number of amides is 1. The van der Waals surface area contributed by atoms with Gasteiger partial charge in [0.05, 0.1) is 17.0 Å². The van der Waals surface area contributed by atoms with Crippen LogP contribution in [0.3, 0.4) is 0 Å². The number of benzene rings is 1. The summed E-state index contributed by atoms with van der Waals surface area (Å²) in [6.07, 6.45) is 3.77. The van der Waals surface area contributed by atoms with Crippen LogP contribution >= 0.6 is 0 Å². The van der Waals surface area contributed by atoms with E-state index >= 15 is 0 Å². The van der Waals surface area contributed by atoms with Crippen LogP contribution < -0.4 is 16.6 Å². The largest absolute Gasteiger partial charge is 0.345 e. The number of nitrogens with one attached hydrogen (secondary N) is 2. The molecule has 7 heteroatoms. The van der Waals surface area contributed by atoms with E-state index in [1.807, 2.05) is 25.1 Å². The molecule has 1 fully saturated rings. The maximum absolute atomic E-state index is 13.3. The van der Waals surface area contributed by atoms with E-state index in [2.05, 4.69) is 21.4 Å². The van der Waals surface area contributed by atoms with Gasteiger partial charge in [0, 0.05) is 18.2 Å². The zero-order valence-corrected chi connectivity index (χ0v) is 16.2. The van der Waals surface area contributed by atoms with E-state index in [0.717, 1.165) is 36.9 Å². The molecule has 0 aliphatic heterocycles. The summed E-state index contributed by atoms with van der Waals surface area (Å²) in [5, 5.41) is 3.28. The highest BCUT2D eigenvalue weighted by Gasteiger charge is 2.30. The predicted octanol–water partition coefficient (Wildman–Crippen LogP) is 2.40. The van der Waals surface area contributed by atoms with Crippen molar-refractivity contribution in [2.24, 2.45) is 0 Å². The first kappa shape index (κ1) is 17.8. The Hall–Kier alpha value is -3.22.